The van der Waals surface area contributed by atoms with Crippen molar-refractivity contribution in [2.45, 2.75) is 52.5 Å². The number of nitrogens with one attached hydrogen (secondary N) is 2. The number of likely N-dealkylation sites (tertiary alicyclic amines) is 1. The maximum Gasteiger partial charge on any atom is 0.228 e. The van der Waals surface area contributed by atoms with Crippen molar-refractivity contribution in [2.75, 3.05) is 18.4 Å². The topological polar surface area (TPSA) is 87.0 Å². The number of carbonyl (C=O) groups is 1. The number of amides is 1. The molecule has 0 bridgehead atoms. The van der Waals surface area contributed by atoms with Gasteiger partial charge < -0.3 is 9.84 Å². The molecule has 0 aliphatic carbocycles. The van der Waals surface area contributed by atoms with Crippen LogP contribution in [0.1, 0.15) is 50.6 Å². The van der Waals surface area contributed by atoms with Crippen LogP contribution in [0.2, 0.25) is 0 Å². The van der Waals surface area contributed by atoms with Crippen LogP contribution in [0.15, 0.2) is 16.8 Å². The van der Waals surface area contributed by atoms with E-state index in [2.05, 4.69) is 46.3 Å². The van der Waals surface area contributed by atoms with Crippen LogP contribution in [0.3, 0.4) is 0 Å². The molecule has 136 valence electrons. The molecule has 0 radical (unpaired) electrons. The second kappa shape index (κ2) is 7.00. The summed E-state index contributed by atoms with van der Waals surface area (Å²) in [7, 11) is 0. The van der Waals surface area contributed by atoms with E-state index < -0.39 is 0 Å². The standard InChI is InChI=1S/C18H27N5O2/c1-12-9-15(22-25-12)20-17(24)13-5-7-23(8-6-13)11-14-10-19-21-16(14)18(2,3)4/h9-10,13H,5-8,11H2,1-4H3,(H,19,21)(H,20,22,24). The average molecular weight is 345 g/mol. The SMILES string of the molecule is Cc1cc(NC(=O)C2CCN(Cc3cn[nH]c3C(C)(C)C)CC2)no1. The zero-order valence-electron chi connectivity index (χ0n) is 15.4. The fourth-order valence-electron chi connectivity index (χ4n) is 3.33. The Kier molecular flexibility index (Phi) is 4.94. The molecule has 7 nitrogen and oxygen atoms in total. The third kappa shape index (κ3) is 4.28. The highest BCUT2D eigenvalue weighted by Crippen LogP contribution is 2.26. The first-order valence-corrected chi connectivity index (χ1v) is 8.82. The Balaban J connectivity index is 1.52. The first kappa shape index (κ1) is 17.7. The van der Waals surface area contributed by atoms with E-state index in [1.165, 1.54) is 11.3 Å². The number of nitrogens with zero attached hydrogens (tertiary/aromatic N) is 3. The Morgan fingerprint density at radius 3 is 2.72 bits per heavy atom. The molecule has 0 aromatic carbocycles. The van der Waals surface area contributed by atoms with Crippen molar-refractivity contribution >= 4 is 11.7 Å². The molecule has 3 heterocycles. The zero-order chi connectivity index (χ0) is 18.0. The van der Waals surface area contributed by atoms with Gasteiger partial charge in [0.1, 0.15) is 5.76 Å². The number of H-pyrrole nitrogens is 1. The van der Waals surface area contributed by atoms with Crippen molar-refractivity contribution in [3.05, 3.63) is 29.3 Å². The molecule has 2 aromatic heterocycles. The molecule has 0 spiro atoms. The molecule has 2 N–H and O–H groups in total. The minimum atomic E-state index is 0.0275. The summed E-state index contributed by atoms with van der Waals surface area (Å²) in [6.45, 7) is 11.1. The number of aryl methyl sites for hydroxylation is 1. The number of carbonyl (C=O) groups excluding carboxylic acids is 1. The van der Waals surface area contributed by atoms with Crippen molar-refractivity contribution in [3.8, 4) is 0 Å². The lowest BCUT2D eigenvalue weighted by molar-refractivity contribution is -0.121. The second-order valence-corrected chi connectivity index (χ2v) is 7.88. The molecule has 0 saturated carbocycles. The average Bonchev–Trinajstić information content (AvgIpc) is 3.16. The molecule has 1 aliphatic heterocycles. The summed E-state index contributed by atoms with van der Waals surface area (Å²) in [6, 6.07) is 1.74. The Morgan fingerprint density at radius 2 is 2.12 bits per heavy atom. The van der Waals surface area contributed by atoms with Gasteiger partial charge in [-0.05, 0) is 32.9 Å². The van der Waals surface area contributed by atoms with E-state index in [1.807, 2.05) is 13.1 Å². The minimum Gasteiger partial charge on any atom is -0.360 e. The summed E-state index contributed by atoms with van der Waals surface area (Å²) in [6.07, 6.45) is 3.63. The predicted octanol–water partition coefficient (Wildman–Crippen LogP) is 2.85. The lowest BCUT2D eigenvalue weighted by atomic mass is 9.89. The highest BCUT2D eigenvalue weighted by atomic mass is 16.5. The highest BCUT2D eigenvalue weighted by molar-refractivity contribution is 5.91. The molecule has 1 saturated heterocycles. The van der Waals surface area contributed by atoms with E-state index in [0.29, 0.717) is 11.6 Å². The number of hydrogen-bond donors (Lipinski definition) is 2. The van der Waals surface area contributed by atoms with Gasteiger partial charge in [0.25, 0.3) is 0 Å². The van der Waals surface area contributed by atoms with Gasteiger partial charge >= 0.3 is 0 Å². The first-order chi connectivity index (χ1) is 11.8. The molecule has 0 atom stereocenters. The molecule has 7 heteroatoms. The van der Waals surface area contributed by atoms with Gasteiger partial charge in [-0.1, -0.05) is 25.9 Å². The van der Waals surface area contributed by atoms with Gasteiger partial charge in [-0.3, -0.25) is 14.8 Å². The first-order valence-electron chi connectivity index (χ1n) is 8.82. The zero-order valence-corrected chi connectivity index (χ0v) is 15.4. The molecular formula is C18H27N5O2. The van der Waals surface area contributed by atoms with Gasteiger partial charge in [0.2, 0.25) is 5.91 Å². The Labute approximate surface area is 148 Å². The third-order valence-corrected chi connectivity index (χ3v) is 4.70. The number of hydrogen-bond acceptors (Lipinski definition) is 5. The van der Waals surface area contributed by atoms with E-state index >= 15 is 0 Å². The van der Waals surface area contributed by atoms with Crippen molar-refractivity contribution in [1.29, 1.82) is 0 Å². The smallest absolute Gasteiger partial charge is 0.228 e. The van der Waals surface area contributed by atoms with Crippen LogP contribution in [0.25, 0.3) is 0 Å². The lowest BCUT2D eigenvalue weighted by Gasteiger charge is -2.31. The number of anilines is 1. The molecular weight excluding hydrogens is 318 g/mol. The van der Waals surface area contributed by atoms with E-state index in [0.717, 1.165) is 32.5 Å². The Bertz CT molecular complexity index is 720. The Morgan fingerprint density at radius 1 is 1.40 bits per heavy atom. The van der Waals surface area contributed by atoms with Crippen LogP contribution in [-0.4, -0.2) is 39.3 Å². The van der Waals surface area contributed by atoms with Gasteiger partial charge in [-0.15, -0.1) is 0 Å². The van der Waals surface area contributed by atoms with Crippen LogP contribution in [-0.2, 0) is 16.8 Å². The lowest BCUT2D eigenvalue weighted by Crippen LogP contribution is -2.38. The summed E-state index contributed by atoms with van der Waals surface area (Å²) in [4.78, 5) is 14.8. The fourth-order valence-corrected chi connectivity index (χ4v) is 3.33. The highest BCUT2D eigenvalue weighted by Gasteiger charge is 2.27. The summed E-state index contributed by atoms with van der Waals surface area (Å²) in [5.74, 6) is 1.25. The van der Waals surface area contributed by atoms with E-state index in [4.69, 9.17) is 4.52 Å². The second-order valence-electron chi connectivity index (χ2n) is 7.88. The molecule has 2 aromatic rings. The maximum absolute atomic E-state index is 12.4. The number of rotatable bonds is 4. The van der Waals surface area contributed by atoms with E-state index in [1.54, 1.807) is 6.07 Å². The minimum absolute atomic E-state index is 0.0275. The maximum atomic E-state index is 12.4. The number of piperidine rings is 1. The van der Waals surface area contributed by atoms with Crippen molar-refractivity contribution < 1.29 is 9.32 Å². The summed E-state index contributed by atoms with van der Waals surface area (Å²) in [5.41, 5.74) is 2.49. The van der Waals surface area contributed by atoms with Crippen molar-refractivity contribution in [1.82, 2.24) is 20.3 Å². The number of aromatic nitrogens is 3. The van der Waals surface area contributed by atoms with E-state index in [9.17, 15) is 4.79 Å². The van der Waals surface area contributed by atoms with Crippen molar-refractivity contribution in [2.24, 2.45) is 5.92 Å². The molecule has 3 rings (SSSR count). The molecule has 0 unspecified atom stereocenters. The fraction of sp³-hybridized carbons (Fsp3) is 0.611. The van der Waals surface area contributed by atoms with Crippen molar-refractivity contribution in [3.63, 3.8) is 0 Å². The molecule has 1 fully saturated rings. The molecule has 25 heavy (non-hydrogen) atoms. The predicted molar refractivity (Wildman–Crippen MR) is 95.2 cm³/mol. The van der Waals surface area contributed by atoms with Crippen LogP contribution in [0.5, 0.6) is 0 Å². The third-order valence-electron chi connectivity index (χ3n) is 4.70. The molecule has 1 amide bonds. The monoisotopic (exact) mass is 345 g/mol. The van der Waals surface area contributed by atoms with Crippen LogP contribution in [0, 0.1) is 12.8 Å². The summed E-state index contributed by atoms with van der Waals surface area (Å²) >= 11 is 0. The summed E-state index contributed by atoms with van der Waals surface area (Å²) in [5, 5.41) is 14.0. The van der Waals surface area contributed by atoms with Gasteiger partial charge in [0.15, 0.2) is 5.82 Å². The largest absolute Gasteiger partial charge is 0.360 e. The van der Waals surface area contributed by atoms with Gasteiger partial charge in [0, 0.05) is 35.2 Å². The molecule has 1 aliphatic rings. The quantitative estimate of drug-likeness (QED) is 0.890. The van der Waals surface area contributed by atoms with Crippen LogP contribution >= 0.6 is 0 Å². The Hall–Kier alpha value is -2.15. The summed E-state index contributed by atoms with van der Waals surface area (Å²) < 4.78 is 4.99. The van der Waals surface area contributed by atoms with Gasteiger partial charge in [-0.2, -0.15) is 5.10 Å². The van der Waals surface area contributed by atoms with E-state index in [-0.39, 0.29) is 17.2 Å². The van der Waals surface area contributed by atoms with Gasteiger partial charge in [-0.25, -0.2) is 0 Å². The normalized spacial score (nSPS) is 17.0. The van der Waals surface area contributed by atoms with Crippen LogP contribution < -0.4 is 5.32 Å². The van der Waals surface area contributed by atoms with Gasteiger partial charge in [0.05, 0.1) is 6.20 Å². The van der Waals surface area contributed by atoms with Crippen LogP contribution in [0.4, 0.5) is 5.82 Å². The number of aromatic amines is 1.